The number of urea groups is 1. The first kappa shape index (κ1) is 13.2. The first-order chi connectivity index (χ1) is 7.58. The highest BCUT2D eigenvalue weighted by molar-refractivity contribution is 8.00. The smallest absolute Gasteiger partial charge is 0.323 e. The minimum Gasteiger partial charge on any atom is -0.480 e. The van der Waals surface area contributed by atoms with Crippen molar-refractivity contribution in [2.45, 2.75) is 30.4 Å². The number of nitrogens with one attached hydrogen (secondary N) is 2. The van der Waals surface area contributed by atoms with Gasteiger partial charge in [0.05, 0.1) is 0 Å². The van der Waals surface area contributed by atoms with Crippen LogP contribution in [0.2, 0.25) is 0 Å². The predicted molar refractivity (Wildman–Crippen MR) is 63.8 cm³/mol. The molecule has 16 heavy (non-hydrogen) atoms. The van der Waals surface area contributed by atoms with Crippen LogP contribution in [0.5, 0.6) is 0 Å². The Morgan fingerprint density at radius 1 is 1.31 bits per heavy atom. The summed E-state index contributed by atoms with van der Waals surface area (Å²) >= 11 is 1.79. The third-order valence-electron chi connectivity index (χ3n) is 2.92. The zero-order valence-corrected chi connectivity index (χ0v) is 10.2. The first-order valence-electron chi connectivity index (χ1n) is 5.37. The summed E-state index contributed by atoms with van der Waals surface area (Å²) in [4.78, 5) is 21.5. The number of carboxylic acids is 1. The maximum absolute atomic E-state index is 11.3. The number of carboxylic acid groups (broad SMARTS) is 1. The maximum Gasteiger partial charge on any atom is 0.323 e. The minimum absolute atomic E-state index is 0.153. The SMILES string of the molecule is CSC1(CNC(=O)NCC(=O)O)CCCC1. The standard InChI is InChI=1S/C10H18N2O3S/c1-16-10(4-2-3-5-10)7-12-9(15)11-6-8(13)14/h2-7H2,1H3,(H,13,14)(H2,11,12,15). The topological polar surface area (TPSA) is 78.4 Å². The highest BCUT2D eigenvalue weighted by atomic mass is 32.2. The second kappa shape index (κ2) is 5.98. The number of amides is 2. The molecule has 6 heteroatoms. The van der Waals surface area contributed by atoms with Crippen molar-refractivity contribution < 1.29 is 14.7 Å². The number of aliphatic carboxylic acids is 1. The van der Waals surface area contributed by atoms with Gasteiger partial charge in [0.15, 0.2) is 0 Å². The van der Waals surface area contributed by atoms with Gasteiger partial charge in [0.2, 0.25) is 0 Å². The summed E-state index contributed by atoms with van der Waals surface area (Å²) in [5.74, 6) is -1.03. The monoisotopic (exact) mass is 246 g/mol. The van der Waals surface area contributed by atoms with Crippen molar-refractivity contribution in [3.05, 3.63) is 0 Å². The van der Waals surface area contributed by atoms with E-state index in [1.165, 1.54) is 12.8 Å². The highest BCUT2D eigenvalue weighted by Crippen LogP contribution is 2.39. The Morgan fingerprint density at radius 2 is 1.94 bits per heavy atom. The largest absolute Gasteiger partial charge is 0.480 e. The van der Waals surface area contributed by atoms with Crippen LogP contribution in [0.3, 0.4) is 0 Å². The highest BCUT2D eigenvalue weighted by Gasteiger charge is 2.33. The summed E-state index contributed by atoms with van der Waals surface area (Å²) in [5, 5.41) is 13.4. The summed E-state index contributed by atoms with van der Waals surface area (Å²) in [6.07, 6.45) is 6.71. The quantitative estimate of drug-likeness (QED) is 0.677. The molecule has 0 bridgehead atoms. The van der Waals surface area contributed by atoms with Crippen LogP contribution in [0.1, 0.15) is 25.7 Å². The van der Waals surface area contributed by atoms with E-state index in [-0.39, 0.29) is 11.3 Å². The van der Waals surface area contributed by atoms with Crippen molar-refractivity contribution >= 4 is 23.8 Å². The Morgan fingerprint density at radius 3 is 2.44 bits per heavy atom. The van der Waals surface area contributed by atoms with Crippen molar-refractivity contribution in [2.24, 2.45) is 0 Å². The van der Waals surface area contributed by atoms with Gasteiger partial charge in [-0.1, -0.05) is 12.8 Å². The molecule has 0 aromatic carbocycles. The van der Waals surface area contributed by atoms with Gasteiger partial charge in [-0.05, 0) is 19.1 Å². The molecule has 1 aliphatic carbocycles. The molecule has 0 spiro atoms. The molecule has 5 nitrogen and oxygen atoms in total. The average molecular weight is 246 g/mol. The summed E-state index contributed by atoms with van der Waals surface area (Å²) in [5.41, 5.74) is 0. The Balaban J connectivity index is 2.27. The Hall–Kier alpha value is -0.910. The molecular weight excluding hydrogens is 228 g/mol. The van der Waals surface area contributed by atoms with Crippen molar-refractivity contribution in [1.82, 2.24) is 10.6 Å². The molecular formula is C10H18N2O3S. The Bertz CT molecular complexity index is 265. The van der Waals surface area contributed by atoms with Crippen molar-refractivity contribution in [1.29, 1.82) is 0 Å². The van der Waals surface area contributed by atoms with Gasteiger partial charge in [0.25, 0.3) is 0 Å². The van der Waals surface area contributed by atoms with Crippen molar-refractivity contribution in [2.75, 3.05) is 19.3 Å². The molecule has 2 amide bonds. The zero-order chi connectivity index (χ0) is 12.0. The lowest BCUT2D eigenvalue weighted by Crippen LogP contribution is -2.44. The second-order valence-electron chi connectivity index (χ2n) is 4.02. The van der Waals surface area contributed by atoms with Gasteiger partial charge in [-0.3, -0.25) is 4.79 Å². The molecule has 0 unspecified atom stereocenters. The van der Waals surface area contributed by atoms with Crippen LogP contribution in [0.15, 0.2) is 0 Å². The van der Waals surface area contributed by atoms with Crippen LogP contribution in [-0.2, 0) is 4.79 Å². The molecule has 0 heterocycles. The fourth-order valence-corrected chi connectivity index (χ4v) is 2.85. The summed E-state index contributed by atoms with van der Waals surface area (Å²) in [6.45, 7) is 0.276. The lowest BCUT2D eigenvalue weighted by molar-refractivity contribution is -0.135. The Kier molecular flexibility index (Phi) is 4.92. The lowest BCUT2D eigenvalue weighted by Gasteiger charge is -2.26. The van der Waals surface area contributed by atoms with Crippen molar-refractivity contribution in [3.63, 3.8) is 0 Å². The first-order valence-corrected chi connectivity index (χ1v) is 6.59. The molecule has 0 atom stereocenters. The van der Waals surface area contributed by atoms with Crippen molar-refractivity contribution in [3.8, 4) is 0 Å². The van der Waals surface area contributed by atoms with Crippen LogP contribution in [-0.4, -0.2) is 41.2 Å². The van der Waals surface area contributed by atoms with Crippen LogP contribution in [0, 0.1) is 0 Å². The molecule has 1 rings (SSSR count). The summed E-state index contributed by atoms with van der Waals surface area (Å²) in [7, 11) is 0. The Labute approximate surface area is 99.4 Å². The lowest BCUT2D eigenvalue weighted by atomic mass is 10.1. The van der Waals surface area contributed by atoms with Gasteiger partial charge in [-0.15, -0.1) is 0 Å². The van der Waals surface area contributed by atoms with E-state index in [1.54, 1.807) is 11.8 Å². The maximum atomic E-state index is 11.3. The number of carbonyl (C=O) groups excluding carboxylic acids is 1. The molecule has 0 radical (unpaired) electrons. The number of rotatable bonds is 5. The third-order valence-corrected chi connectivity index (χ3v) is 4.34. The molecule has 1 aliphatic rings. The van der Waals surface area contributed by atoms with Gasteiger partial charge < -0.3 is 15.7 Å². The predicted octanol–water partition coefficient (Wildman–Crippen LogP) is 1.05. The molecule has 1 fully saturated rings. The minimum atomic E-state index is -1.03. The van der Waals surface area contributed by atoms with Crippen LogP contribution >= 0.6 is 11.8 Å². The van der Waals surface area contributed by atoms with Crippen LogP contribution < -0.4 is 10.6 Å². The summed E-state index contributed by atoms with van der Waals surface area (Å²) in [6, 6.07) is -0.400. The molecule has 0 aromatic heterocycles. The van der Waals surface area contributed by atoms with Gasteiger partial charge in [0, 0.05) is 11.3 Å². The van der Waals surface area contributed by atoms with Gasteiger partial charge in [-0.25, -0.2) is 4.79 Å². The van der Waals surface area contributed by atoms with E-state index in [0.29, 0.717) is 6.54 Å². The van der Waals surface area contributed by atoms with Crippen LogP contribution in [0.25, 0.3) is 0 Å². The van der Waals surface area contributed by atoms with E-state index >= 15 is 0 Å². The number of hydrogen-bond acceptors (Lipinski definition) is 3. The molecule has 3 N–H and O–H groups in total. The van der Waals surface area contributed by atoms with Crippen LogP contribution in [0.4, 0.5) is 4.79 Å². The van der Waals surface area contributed by atoms with Gasteiger partial charge in [0.1, 0.15) is 6.54 Å². The van der Waals surface area contributed by atoms with Gasteiger partial charge >= 0.3 is 12.0 Å². The van der Waals surface area contributed by atoms with E-state index in [1.807, 2.05) is 0 Å². The molecule has 0 aliphatic heterocycles. The molecule has 0 saturated heterocycles. The molecule has 0 aromatic rings. The third kappa shape index (κ3) is 3.92. The summed E-state index contributed by atoms with van der Waals surface area (Å²) < 4.78 is 0.153. The zero-order valence-electron chi connectivity index (χ0n) is 9.41. The normalized spacial score (nSPS) is 18.1. The van der Waals surface area contributed by atoms with E-state index in [2.05, 4.69) is 16.9 Å². The fourth-order valence-electron chi connectivity index (χ4n) is 1.93. The number of thioether (sulfide) groups is 1. The number of carbonyl (C=O) groups is 2. The van der Waals surface area contributed by atoms with E-state index in [4.69, 9.17) is 5.11 Å². The fraction of sp³-hybridized carbons (Fsp3) is 0.800. The van der Waals surface area contributed by atoms with E-state index < -0.39 is 12.0 Å². The second-order valence-corrected chi connectivity index (χ2v) is 5.30. The average Bonchev–Trinajstić information content (AvgIpc) is 2.73. The molecule has 1 saturated carbocycles. The number of hydrogen-bond donors (Lipinski definition) is 3. The molecule has 92 valence electrons. The van der Waals surface area contributed by atoms with E-state index in [0.717, 1.165) is 12.8 Å². The van der Waals surface area contributed by atoms with E-state index in [9.17, 15) is 9.59 Å². The van der Waals surface area contributed by atoms with Gasteiger partial charge in [-0.2, -0.15) is 11.8 Å².